The van der Waals surface area contributed by atoms with Gasteiger partial charge in [-0.25, -0.2) is 23.4 Å². The van der Waals surface area contributed by atoms with Crippen LogP contribution >= 0.6 is 0 Å². The fraction of sp³-hybridized carbons (Fsp3) is 0.391. The molecular weight excluding hydrogens is 524 g/mol. The molecule has 2 aromatic heterocycles. The Morgan fingerprint density at radius 1 is 1.03 bits per heavy atom. The van der Waals surface area contributed by atoms with Crippen LogP contribution in [-0.2, 0) is 43.2 Å². The van der Waals surface area contributed by atoms with Crippen LogP contribution < -0.4 is 4.74 Å². The quantitative estimate of drug-likeness (QED) is 0.288. The molecule has 202 valence electrons. The molecule has 38 heavy (non-hydrogen) atoms. The van der Waals surface area contributed by atoms with Crippen LogP contribution in [-0.4, -0.2) is 77.9 Å². The fourth-order valence-corrected chi connectivity index (χ4v) is 5.63. The summed E-state index contributed by atoms with van der Waals surface area (Å²) in [5.41, 5.74) is 0.129. The number of methoxy groups -OCH3 is 1. The molecule has 4 rings (SSSR count). The van der Waals surface area contributed by atoms with E-state index in [1.54, 1.807) is 6.07 Å². The summed E-state index contributed by atoms with van der Waals surface area (Å²) in [5.74, 6) is -2.07. The van der Waals surface area contributed by atoms with Crippen LogP contribution in [0.1, 0.15) is 27.0 Å². The van der Waals surface area contributed by atoms with Crippen LogP contribution in [0.3, 0.4) is 0 Å². The number of ether oxygens (including phenoxy) is 5. The molecule has 1 aromatic carbocycles. The average Bonchev–Trinajstić information content (AvgIpc) is 3.41. The summed E-state index contributed by atoms with van der Waals surface area (Å²) in [7, 11) is -3.08. The number of carbonyl (C=O) groups is 3. The number of nitrogens with zero attached hydrogens (tertiary/aromatic N) is 4. The van der Waals surface area contributed by atoms with Crippen molar-refractivity contribution >= 4 is 38.9 Å². The number of imidazole rings is 1. The molecule has 0 unspecified atom stereocenters. The van der Waals surface area contributed by atoms with Crippen molar-refractivity contribution in [3.8, 4) is 5.75 Å². The SMILES string of the molecule is COc1ccccc1S(=O)(=O)c1nc2cncnc2n1[C@@H]1O[C@H](COC(C)=O)[C@@H](OC(C)=O)[C@H]1OC(C)=O. The Bertz CT molecular complexity index is 1490. The van der Waals surface area contributed by atoms with Crippen LogP contribution in [0.2, 0.25) is 0 Å². The third-order valence-corrected chi connectivity index (χ3v) is 7.20. The Morgan fingerprint density at radius 2 is 1.71 bits per heavy atom. The van der Waals surface area contributed by atoms with E-state index in [0.29, 0.717) is 0 Å². The molecule has 1 fully saturated rings. The smallest absolute Gasteiger partial charge is 0.303 e. The van der Waals surface area contributed by atoms with Gasteiger partial charge in [0.2, 0.25) is 15.0 Å². The minimum Gasteiger partial charge on any atom is -0.495 e. The molecule has 15 heteroatoms. The monoisotopic (exact) mass is 548 g/mol. The zero-order valence-corrected chi connectivity index (χ0v) is 21.6. The van der Waals surface area contributed by atoms with Crippen LogP contribution in [0.4, 0.5) is 0 Å². The molecule has 0 bridgehead atoms. The Labute approximate surface area is 216 Å². The summed E-state index contributed by atoms with van der Waals surface area (Å²) < 4.78 is 56.2. The molecular formula is C23H24N4O10S. The van der Waals surface area contributed by atoms with Gasteiger partial charge in [0.15, 0.2) is 24.1 Å². The number of sulfone groups is 1. The first-order chi connectivity index (χ1) is 18.0. The van der Waals surface area contributed by atoms with Crippen molar-refractivity contribution in [1.82, 2.24) is 19.5 Å². The highest BCUT2D eigenvalue weighted by Gasteiger charge is 2.52. The number of carbonyl (C=O) groups excluding carboxylic acids is 3. The van der Waals surface area contributed by atoms with Gasteiger partial charge in [0.05, 0.1) is 13.3 Å². The first-order valence-electron chi connectivity index (χ1n) is 11.2. The van der Waals surface area contributed by atoms with E-state index in [-0.39, 0.29) is 28.4 Å². The zero-order valence-electron chi connectivity index (χ0n) is 20.8. The van der Waals surface area contributed by atoms with E-state index < -0.39 is 57.4 Å². The third-order valence-electron chi connectivity index (χ3n) is 5.52. The topological polar surface area (TPSA) is 175 Å². The van der Waals surface area contributed by atoms with Gasteiger partial charge in [-0.3, -0.25) is 19.0 Å². The average molecular weight is 549 g/mol. The summed E-state index contributed by atoms with van der Waals surface area (Å²) in [5, 5.41) is -0.519. The highest BCUT2D eigenvalue weighted by atomic mass is 32.2. The zero-order chi connectivity index (χ0) is 27.6. The lowest BCUT2D eigenvalue weighted by Gasteiger charge is -2.24. The van der Waals surface area contributed by atoms with Crippen molar-refractivity contribution in [3.05, 3.63) is 36.8 Å². The second-order valence-corrected chi connectivity index (χ2v) is 9.98. The molecule has 1 aliphatic heterocycles. The number of fused-ring (bicyclic) bond motifs is 1. The van der Waals surface area contributed by atoms with Crippen LogP contribution in [0.15, 0.2) is 46.8 Å². The van der Waals surface area contributed by atoms with E-state index in [4.69, 9.17) is 23.7 Å². The normalized spacial score (nSPS) is 21.2. The van der Waals surface area contributed by atoms with E-state index >= 15 is 0 Å². The minimum atomic E-state index is -4.40. The number of hydrogen-bond acceptors (Lipinski definition) is 13. The highest BCUT2D eigenvalue weighted by Crippen LogP contribution is 2.39. The summed E-state index contributed by atoms with van der Waals surface area (Å²) in [6.45, 7) is 3.06. The highest BCUT2D eigenvalue weighted by molar-refractivity contribution is 7.91. The Kier molecular flexibility index (Phi) is 7.59. The molecule has 14 nitrogen and oxygen atoms in total. The number of hydrogen-bond donors (Lipinski definition) is 0. The van der Waals surface area contributed by atoms with Gasteiger partial charge >= 0.3 is 17.9 Å². The molecule has 0 amide bonds. The molecule has 3 heterocycles. The van der Waals surface area contributed by atoms with Gasteiger partial charge in [0.25, 0.3) is 0 Å². The lowest BCUT2D eigenvalue weighted by atomic mass is 10.1. The maximum Gasteiger partial charge on any atom is 0.303 e. The number of rotatable bonds is 8. The molecule has 0 saturated carbocycles. The summed E-state index contributed by atoms with van der Waals surface area (Å²) in [6, 6.07) is 5.93. The first-order valence-corrected chi connectivity index (χ1v) is 12.7. The van der Waals surface area contributed by atoms with Gasteiger partial charge in [-0.15, -0.1) is 0 Å². The second kappa shape index (κ2) is 10.7. The maximum absolute atomic E-state index is 13.9. The number of esters is 3. The van der Waals surface area contributed by atoms with Gasteiger partial charge in [0, 0.05) is 20.8 Å². The van der Waals surface area contributed by atoms with E-state index in [9.17, 15) is 22.8 Å². The minimum absolute atomic E-state index is 0.0327. The number of aromatic nitrogens is 4. The van der Waals surface area contributed by atoms with Crippen molar-refractivity contribution in [2.24, 2.45) is 0 Å². The Morgan fingerprint density at radius 3 is 2.37 bits per heavy atom. The Hall–Kier alpha value is -4.11. The molecule has 4 atom stereocenters. The van der Waals surface area contributed by atoms with E-state index in [1.807, 2.05) is 0 Å². The number of para-hydroxylation sites is 1. The summed E-state index contributed by atoms with van der Waals surface area (Å²) in [4.78, 5) is 47.6. The van der Waals surface area contributed by atoms with Crippen LogP contribution in [0.25, 0.3) is 11.2 Å². The van der Waals surface area contributed by atoms with Crippen molar-refractivity contribution < 1.29 is 46.5 Å². The van der Waals surface area contributed by atoms with Gasteiger partial charge in [0.1, 0.15) is 35.2 Å². The lowest BCUT2D eigenvalue weighted by Crippen LogP contribution is -2.40. The number of benzene rings is 1. The van der Waals surface area contributed by atoms with Crippen LogP contribution in [0, 0.1) is 0 Å². The first kappa shape index (κ1) is 26.9. The lowest BCUT2D eigenvalue weighted by molar-refractivity contribution is -0.166. The van der Waals surface area contributed by atoms with E-state index in [0.717, 1.165) is 18.4 Å². The molecule has 3 aromatic rings. The standard InChI is InChI=1S/C23H24N4O10S/c1-12(28)34-10-17-19(35-13(2)29)20(36-14(3)30)22(37-17)27-21-15(9-24-11-25-21)26-23(27)38(31,32)18-8-6-5-7-16(18)33-4/h5-9,11,17,19-20,22H,10H2,1-4H3/t17-,19-,20-,22-/m1/s1. The van der Waals surface area contributed by atoms with Gasteiger partial charge in [-0.05, 0) is 12.1 Å². The van der Waals surface area contributed by atoms with Gasteiger partial charge < -0.3 is 23.7 Å². The van der Waals surface area contributed by atoms with Crippen molar-refractivity contribution in [2.75, 3.05) is 13.7 Å². The van der Waals surface area contributed by atoms with Crippen molar-refractivity contribution in [1.29, 1.82) is 0 Å². The van der Waals surface area contributed by atoms with E-state index in [2.05, 4.69) is 15.0 Å². The predicted octanol–water partition coefficient (Wildman–Crippen LogP) is 0.992. The predicted molar refractivity (Wildman–Crippen MR) is 125 cm³/mol. The Balaban J connectivity index is 1.93. The van der Waals surface area contributed by atoms with E-state index in [1.165, 1.54) is 44.8 Å². The van der Waals surface area contributed by atoms with Gasteiger partial charge in [-0.2, -0.15) is 0 Å². The third kappa shape index (κ3) is 5.15. The fourth-order valence-electron chi connectivity index (χ4n) is 4.09. The molecule has 1 saturated heterocycles. The summed E-state index contributed by atoms with van der Waals surface area (Å²) >= 11 is 0. The summed E-state index contributed by atoms with van der Waals surface area (Å²) in [6.07, 6.45) is -2.69. The molecule has 0 radical (unpaired) electrons. The van der Waals surface area contributed by atoms with Gasteiger partial charge in [-0.1, -0.05) is 12.1 Å². The van der Waals surface area contributed by atoms with Crippen molar-refractivity contribution in [2.45, 2.75) is 55.4 Å². The molecule has 0 spiro atoms. The van der Waals surface area contributed by atoms with Crippen molar-refractivity contribution in [3.63, 3.8) is 0 Å². The largest absolute Gasteiger partial charge is 0.495 e. The molecule has 1 aliphatic rings. The maximum atomic E-state index is 13.9. The van der Waals surface area contributed by atoms with Crippen LogP contribution in [0.5, 0.6) is 5.75 Å². The molecule has 0 aliphatic carbocycles. The second-order valence-electron chi connectivity index (χ2n) is 8.17. The molecule has 0 N–H and O–H groups in total.